The van der Waals surface area contributed by atoms with Crippen molar-refractivity contribution in [2.45, 2.75) is 380 Å². The van der Waals surface area contributed by atoms with Gasteiger partial charge in [-0.25, -0.2) is 0 Å². The normalized spacial score (nSPS) is 12.4. The largest absolute Gasteiger partial charge is 0.462 e. The number of ether oxygens (including phenoxy) is 3. The van der Waals surface area contributed by atoms with Gasteiger partial charge >= 0.3 is 17.9 Å². The summed E-state index contributed by atoms with van der Waals surface area (Å²) >= 11 is 0. The summed E-state index contributed by atoms with van der Waals surface area (Å²) in [5, 5.41) is 0. The third kappa shape index (κ3) is 65.9. The molecule has 0 aromatic heterocycles. The summed E-state index contributed by atoms with van der Waals surface area (Å²) in [6.45, 7) is 6.57. The van der Waals surface area contributed by atoms with Gasteiger partial charge in [-0.1, -0.05) is 332 Å². The molecule has 0 aromatic rings. The Balaban J connectivity index is 4.16. The second kappa shape index (κ2) is 68.6. The van der Waals surface area contributed by atoms with Gasteiger partial charge in [-0.2, -0.15) is 0 Å². The predicted octanol–water partition coefficient (Wildman–Crippen LogP) is 24.3. The maximum Gasteiger partial charge on any atom is 0.306 e. The molecule has 0 aliphatic heterocycles. The van der Waals surface area contributed by atoms with E-state index in [0.29, 0.717) is 19.3 Å². The topological polar surface area (TPSA) is 78.9 Å². The third-order valence-corrected chi connectivity index (χ3v) is 15.8. The van der Waals surface area contributed by atoms with Gasteiger partial charge in [0.2, 0.25) is 0 Å². The van der Waals surface area contributed by atoms with Crippen LogP contribution in [0.3, 0.4) is 0 Å². The highest BCUT2D eigenvalue weighted by atomic mass is 16.6. The zero-order valence-corrected chi connectivity index (χ0v) is 53.6. The molecule has 0 fully saturated rings. The van der Waals surface area contributed by atoms with E-state index in [1.54, 1.807) is 0 Å². The van der Waals surface area contributed by atoms with Gasteiger partial charge in [-0.3, -0.25) is 14.4 Å². The van der Waals surface area contributed by atoms with Crippen LogP contribution in [0.25, 0.3) is 0 Å². The maximum atomic E-state index is 12.9. The summed E-state index contributed by atoms with van der Waals surface area (Å²) < 4.78 is 17.0. The highest BCUT2D eigenvalue weighted by molar-refractivity contribution is 5.71. The fraction of sp³-hybridized carbons (Fsp3) is 0.824. The van der Waals surface area contributed by atoms with Crippen molar-refractivity contribution >= 4 is 17.9 Å². The Hall–Kier alpha value is -2.89. The minimum absolute atomic E-state index is 0.0756. The zero-order chi connectivity index (χ0) is 57.8. The summed E-state index contributed by atoms with van der Waals surface area (Å²) in [6, 6.07) is 0. The SMILES string of the molecule is CC/C=C\C/C=C\C/C=C\C/C=C\CCCCCCCCC(=O)OC(COC(=O)CCCCCCCCCCCCCC)COC(=O)CCCCCCCCCCCCCCCCCCCCC/C=C\CCCCCCCCCC. The molecular formula is C74H134O6. The van der Waals surface area contributed by atoms with Crippen molar-refractivity contribution in [3.05, 3.63) is 60.8 Å². The molecule has 0 heterocycles. The van der Waals surface area contributed by atoms with Gasteiger partial charge in [0.15, 0.2) is 6.10 Å². The Labute approximate surface area is 498 Å². The fourth-order valence-corrected chi connectivity index (χ4v) is 10.5. The van der Waals surface area contributed by atoms with E-state index in [2.05, 4.69) is 81.5 Å². The van der Waals surface area contributed by atoms with Crippen LogP contribution in [-0.2, 0) is 28.6 Å². The van der Waals surface area contributed by atoms with Gasteiger partial charge in [0.1, 0.15) is 13.2 Å². The number of esters is 3. The Kier molecular flexibility index (Phi) is 66.1. The average molecular weight is 1120 g/mol. The van der Waals surface area contributed by atoms with Crippen molar-refractivity contribution in [2.24, 2.45) is 0 Å². The average Bonchev–Trinajstić information content (AvgIpc) is 3.46. The minimum atomic E-state index is -0.780. The quantitative estimate of drug-likeness (QED) is 0.0261. The van der Waals surface area contributed by atoms with Crippen LogP contribution in [0.2, 0.25) is 0 Å². The van der Waals surface area contributed by atoms with E-state index < -0.39 is 6.10 Å². The molecule has 6 nitrogen and oxygen atoms in total. The molecule has 6 heteroatoms. The highest BCUT2D eigenvalue weighted by Gasteiger charge is 2.19. The van der Waals surface area contributed by atoms with Gasteiger partial charge in [0.25, 0.3) is 0 Å². The van der Waals surface area contributed by atoms with E-state index >= 15 is 0 Å². The van der Waals surface area contributed by atoms with E-state index in [9.17, 15) is 14.4 Å². The molecule has 0 saturated heterocycles. The predicted molar refractivity (Wildman–Crippen MR) is 348 cm³/mol. The van der Waals surface area contributed by atoms with Crippen LogP contribution in [0.1, 0.15) is 374 Å². The van der Waals surface area contributed by atoms with Crippen LogP contribution >= 0.6 is 0 Å². The molecule has 0 amide bonds. The van der Waals surface area contributed by atoms with Crippen molar-refractivity contribution in [2.75, 3.05) is 13.2 Å². The van der Waals surface area contributed by atoms with E-state index in [1.165, 1.54) is 238 Å². The lowest BCUT2D eigenvalue weighted by Crippen LogP contribution is -2.30. The summed E-state index contributed by atoms with van der Waals surface area (Å²) in [4.78, 5) is 38.4. The van der Waals surface area contributed by atoms with Crippen molar-refractivity contribution < 1.29 is 28.6 Å². The molecule has 0 spiro atoms. The smallest absolute Gasteiger partial charge is 0.306 e. The first-order valence-electron chi connectivity index (χ1n) is 35.3. The Morgan fingerprint density at radius 1 is 0.263 bits per heavy atom. The fourth-order valence-electron chi connectivity index (χ4n) is 10.5. The second-order valence-corrected chi connectivity index (χ2v) is 23.8. The van der Waals surface area contributed by atoms with Crippen LogP contribution in [0.15, 0.2) is 60.8 Å². The van der Waals surface area contributed by atoms with Crippen molar-refractivity contribution in [3.8, 4) is 0 Å². The lowest BCUT2D eigenvalue weighted by molar-refractivity contribution is -0.167. The number of hydrogen-bond donors (Lipinski definition) is 0. The molecule has 0 rings (SSSR count). The number of carbonyl (C=O) groups is 3. The summed E-state index contributed by atoms with van der Waals surface area (Å²) in [7, 11) is 0. The Morgan fingerprint density at radius 2 is 0.487 bits per heavy atom. The molecule has 0 aliphatic carbocycles. The molecule has 0 aromatic carbocycles. The third-order valence-electron chi connectivity index (χ3n) is 15.8. The number of unbranched alkanes of at least 4 members (excludes halogenated alkanes) is 44. The highest BCUT2D eigenvalue weighted by Crippen LogP contribution is 2.18. The maximum absolute atomic E-state index is 12.9. The monoisotopic (exact) mass is 1120 g/mol. The standard InChI is InChI=1S/C74H134O6/c1-4-7-10-13-16-19-22-25-27-29-31-32-33-34-35-36-37-38-39-40-41-42-44-45-47-49-52-55-58-61-64-67-73(76)79-70-71(69-78-72(75)66-63-60-57-54-51-24-21-18-15-12-9-6-3)80-74(77)68-65-62-59-56-53-50-48-46-43-30-28-26-23-20-17-14-11-8-5-2/h8,11,17,20,26,28-29,31,43,46,71H,4-7,9-10,12-16,18-19,21-25,27,30,32-42,44-45,47-70H2,1-3H3/b11-8-,20-17-,28-26-,31-29-,46-43-. The molecule has 0 radical (unpaired) electrons. The summed E-state index contributed by atoms with van der Waals surface area (Å²) in [6.07, 6.45) is 88.3. The second-order valence-electron chi connectivity index (χ2n) is 23.8. The zero-order valence-electron chi connectivity index (χ0n) is 53.6. The first-order valence-corrected chi connectivity index (χ1v) is 35.3. The van der Waals surface area contributed by atoms with Crippen molar-refractivity contribution in [1.82, 2.24) is 0 Å². The van der Waals surface area contributed by atoms with E-state index in [1.807, 2.05) is 0 Å². The Morgan fingerprint density at radius 3 is 0.775 bits per heavy atom. The molecule has 0 saturated carbocycles. The van der Waals surface area contributed by atoms with Crippen molar-refractivity contribution in [1.29, 1.82) is 0 Å². The number of carbonyl (C=O) groups excluding carboxylic acids is 3. The lowest BCUT2D eigenvalue weighted by atomic mass is 10.0. The van der Waals surface area contributed by atoms with Crippen LogP contribution in [0.4, 0.5) is 0 Å². The van der Waals surface area contributed by atoms with Gasteiger partial charge in [0, 0.05) is 19.3 Å². The van der Waals surface area contributed by atoms with Gasteiger partial charge in [-0.05, 0) is 83.5 Å². The van der Waals surface area contributed by atoms with Gasteiger partial charge < -0.3 is 14.2 Å². The van der Waals surface area contributed by atoms with Crippen LogP contribution in [-0.4, -0.2) is 37.2 Å². The lowest BCUT2D eigenvalue weighted by Gasteiger charge is -2.18. The summed E-state index contributed by atoms with van der Waals surface area (Å²) in [5.41, 5.74) is 0. The number of rotatable bonds is 65. The molecule has 1 atom stereocenters. The van der Waals surface area contributed by atoms with E-state index in [4.69, 9.17) is 14.2 Å². The molecule has 466 valence electrons. The first-order chi connectivity index (χ1) is 39.5. The molecule has 0 N–H and O–H groups in total. The van der Waals surface area contributed by atoms with Crippen LogP contribution in [0.5, 0.6) is 0 Å². The van der Waals surface area contributed by atoms with Gasteiger partial charge in [-0.15, -0.1) is 0 Å². The van der Waals surface area contributed by atoms with E-state index in [-0.39, 0.29) is 31.1 Å². The number of hydrogen-bond acceptors (Lipinski definition) is 6. The van der Waals surface area contributed by atoms with Crippen LogP contribution in [0, 0.1) is 0 Å². The number of allylic oxidation sites excluding steroid dienone is 10. The first kappa shape index (κ1) is 77.1. The molecule has 0 bridgehead atoms. The minimum Gasteiger partial charge on any atom is -0.462 e. The summed E-state index contributed by atoms with van der Waals surface area (Å²) in [5.74, 6) is -0.868. The van der Waals surface area contributed by atoms with E-state index in [0.717, 1.165) is 96.3 Å². The molecular weight excluding hydrogens is 985 g/mol. The van der Waals surface area contributed by atoms with Crippen molar-refractivity contribution in [3.63, 3.8) is 0 Å². The molecule has 1 unspecified atom stereocenters. The Bertz CT molecular complexity index is 1430. The molecule has 80 heavy (non-hydrogen) atoms. The van der Waals surface area contributed by atoms with Crippen LogP contribution < -0.4 is 0 Å². The molecule has 0 aliphatic rings. The van der Waals surface area contributed by atoms with Gasteiger partial charge in [0.05, 0.1) is 0 Å².